The molecule has 0 fully saturated rings. The molecule has 0 aliphatic heterocycles. The fourth-order valence-corrected chi connectivity index (χ4v) is 2.18. The van der Waals surface area contributed by atoms with Gasteiger partial charge >= 0.3 is 0 Å². The van der Waals surface area contributed by atoms with Crippen LogP contribution in [0.3, 0.4) is 0 Å². The minimum absolute atomic E-state index is 0.0915. The van der Waals surface area contributed by atoms with E-state index in [1.807, 2.05) is 44.2 Å². The molecule has 0 radical (unpaired) electrons. The average molecular weight is 302 g/mol. The van der Waals surface area contributed by atoms with Crippen LogP contribution >= 0.6 is 0 Å². The van der Waals surface area contributed by atoms with E-state index in [4.69, 9.17) is 0 Å². The number of benzene rings is 1. The van der Waals surface area contributed by atoms with E-state index in [-0.39, 0.29) is 19.0 Å². The third kappa shape index (κ3) is 4.96. The molecule has 6 heteroatoms. The van der Waals surface area contributed by atoms with Gasteiger partial charge in [0.05, 0.1) is 12.3 Å². The van der Waals surface area contributed by atoms with Crippen LogP contribution in [0.4, 0.5) is 0 Å². The Balaban J connectivity index is 1.84. The highest BCUT2D eigenvalue weighted by atomic mass is 16.3. The van der Waals surface area contributed by atoms with E-state index in [9.17, 15) is 9.90 Å². The maximum Gasteiger partial charge on any atom is 0.241 e. The van der Waals surface area contributed by atoms with Crippen LogP contribution in [0.2, 0.25) is 0 Å². The molecular formula is C16H22N4O2. The lowest BCUT2D eigenvalue weighted by Gasteiger charge is -2.13. The number of aliphatic hydroxyl groups is 1. The number of aliphatic hydroxyl groups excluding tert-OH is 1. The molecule has 1 atom stereocenters. The summed E-state index contributed by atoms with van der Waals surface area (Å²) >= 11 is 0. The van der Waals surface area contributed by atoms with Crippen LogP contribution in [0.1, 0.15) is 20.3 Å². The lowest BCUT2D eigenvalue weighted by Crippen LogP contribution is -2.35. The minimum Gasteiger partial charge on any atom is -0.391 e. The van der Waals surface area contributed by atoms with E-state index in [2.05, 4.69) is 15.6 Å². The normalized spacial score (nSPS) is 12.4. The fraction of sp³-hybridized carbons (Fsp3) is 0.438. The van der Waals surface area contributed by atoms with Gasteiger partial charge in [-0.25, -0.2) is 4.68 Å². The van der Waals surface area contributed by atoms with Crippen LogP contribution < -0.4 is 5.32 Å². The lowest BCUT2D eigenvalue weighted by atomic mass is 10.1. The number of carbonyl (C=O) groups excluding carboxylic acids is 1. The molecule has 118 valence electrons. The van der Waals surface area contributed by atoms with Crippen LogP contribution in [0.5, 0.6) is 0 Å². The van der Waals surface area contributed by atoms with Gasteiger partial charge in [-0.1, -0.05) is 49.4 Å². The van der Waals surface area contributed by atoms with E-state index in [1.165, 1.54) is 4.68 Å². The van der Waals surface area contributed by atoms with E-state index < -0.39 is 6.10 Å². The van der Waals surface area contributed by atoms with E-state index in [0.29, 0.717) is 12.3 Å². The van der Waals surface area contributed by atoms with Crippen molar-refractivity contribution >= 4 is 5.91 Å². The van der Waals surface area contributed by atoms with Gasteiger partial charge in [0.1, 0.15) is 12.2 Å². The third-order valence-corrected chi connectivity index (χ3v) is 3.19. The molecule has 0 bridgehead atoms. The average Bonchev–Trinajstić information content (AvgIpc) is 2.94. The van der Waals surface area contributed by atoms with Crippen LogP contribution in [0.15, 0.2) is 36.5 Å². The Morgan fingerprint density at radius 3 is 2.73 bits per heavy atom. The van der Waals surface area contributed by atoms with Gasteiger partial charge in [0, 0.05) is 12.1 Å². The molecule has 1 aromatic carbocycles. The van der Waals surface area contributed by atoms with Crippen LogP contribution in [0, 0.1) is 5.92 Å². The van der Waals surface area contributed by atoms with Gasteiger partial charge in [0.15, 0.2) is 0 Å². The van der Waals surface area contributed by atoms with Gasteiger partial charge in [-0.05, 0) is 12.3 Å². The highest BCUT2D eigenvalue weighted by Gasteiger charge is 2.10. The third-order valence-electron chi connectivity index (χ3n) is 3.19. The standard InChI is InChI=1S/C16H22N4O2/c1-12(2)8-14(21)9-17-16(22)11-20-10-15(18-19-20)13-6-4-3-5-7-13/h3-7,10,12,14,21H,8-9,11H2,1-2H3,(H,17,22). The number of nitrogens with one attached hydrogen (secondary N) is 1. The molecule has 0 aliphatic rings. The molecule has 0 saturated carbocycles. The summed E-state index contributed by atoms with van der Waals surface area (Å²) in [5, 5.41) is 20.5. The summed E-state index contributed by atoms with van der Waals surface area (Å²) < 4.78 is 1.49. The summed E-state index contributed by atoms with van der Waals surface area (Å²) in [5.74, 6) is 0.211. The topological polar surface area (TPSA) is 80.0 Å². The zero-order chi connectivity index (χ0) is 15.9. The molecule has 1 amide bonds. The molecule has 22 heavy (non-hydrogen) atoms. The predicted octanol–water partition coefficient (Wildman–Crippen LogP) is 1.47. The van der Waals surface area contributed by atoms with Crippen molar-refractivity contribution in [1.82, 2.24) is 20.3 Å². The molecule has 1 unspecified atom stereocenters. The van der Waals surface area contributed by atoms with Gasteiger partial charge in [-0.15, -0.1) is 5.10 Å². The Bertz CT molecular complexity index is 595. The monoisotopic (exact) mass is 302 g/mol. The molecule has 0 spiro atoms. The maximum atomic E-state index is 11.8. The molecule has 2 N–H and O–H groups in total. The summed E-state index contributed by atoms with van der Waals surface area (Å²) in [7, 11) is 0. The van der Waals surface area contributed by atoms with E-state index in [1.54, 1.807) is 6.20 Å². The second-order valence-electron chi connectivity index (χ2n) is 5.75. The Morgan fingerprint density at radius 2 is 2.05 bits per heavy atom. The minimum atomic E-state index is -0.514. The SMILES string of the molecule is CC(C)CC(O)CNC(=O)Cn1cc(-c2ccccc2)nn1. The molecule has 2 rings (SSSR count). The highest BCUT2D eigenvalue weighted by molar-refractivity contribution is 5.75. The van der Waals surface area contributed by atoms with Gasteiger partial charge < -0.3 is 10.4 Å². The van der Waals surface area contributed by atoms with Gasteiger partial charge in [0.2, 0.25) is 5.91 Å². The van der Waals surface area contributed by atoms with E-state index in [0.717, 1.165) is 11.3 Å². The van der Waals surface area contributed by atoms with Crippen molar-refractivity contribution in [1.29, 1.82) is 0 Å². The number of hydrogen-bond acceptors (Lipinski definition) is 4. The molecule has 0 saturated heterocycles. The van der Waals surface area contributed by atoms with Crippen molar-refractivity contribution in [2.75, 3.05) is 6.54 Å². The smallest absolute Gasteiger partial charge is 0.241 e. The Labute approximate surface area is 130 Å². The summed E-state index contributed by atoms with van der Waals surface area (Å²) in [6, 6.07) is 9.67. The number of hydrogen-bond donors (Lipinski definition) is 2. The van der Waals surface area contributed by atoms with Crippen LogP contribution in [-0.4, -0.2) is 38.7 Å². The molecule has 6 nitrogen and oxygen atoms in total. The summed E-state index contributed by atoms with van der Waals surface area (Å²) in [6.45, 7) is 4.42. The maximum absolute atomic E-state index is 11.8. The largest absolute Gasteiger partial charge is 0.391 e. The first-order valence-corrected chi connectivity index (χ1v) is 7.45. The predicted molar refractivity (Wildman–Crippen MR) is 83.9 cm³/mol. The molecule has 2 aromatic rings. The van der Waals surface area contributed by atoms with Crippen molar-refractivity contribution in [2.45, 2.75) is 32.9 Å². The lowest BCUT2D eigenvalue weighted by molar-refractivity contribution is -0.122. The highest BCUT2D eigenvalue weighted by Crippen LogP contribution is 2.14. The van der Waals surface area contributed by atoms with Crippen molar-refractivity contribution in [3.8, 4) is 11.3 Å². The molecule has 1 heterocycles. The van der Waals surface area contributed by atoms with Gasteiger partial charge in [0.25, 0.3) is 0 Å². The quantitative estimate of drug-likeness (QED) is 0.811. The van der Waals surface area contributed by atoms with Crippen molar-refractivity contribution < 1.29 is 9.90 Å². The number of aromatic nitrogens is 3. The molecular weight excluding hydrogens is 280 g/mol. The Kier molecular flexibility index (Phi) is 5.66. The van der Waals surface area contributed by atoms with Gasteiger partial charge in [-0.3, -0.25) is 4.79 Å². The van der Waals surface area contributed by atoms with Crippen LogP contribution in [0.25, 0.3) is 11.3 Å². The summed E-state index contributed by atoms with van der Waals surface area (Å²) in [6.07, 6.45) is 1.89. The number of rotatable bonds is 7. The Morgan fingerprint density at radius 1 is 1.32 bits per heavy atom. The number of carbonyl (C=O) groups is 1. The number of amides is 1. The van der Waals surface area contributed by atoms with E-state index >= 15 is 0 Å². The van der Waals surface area contributed by atoms with Crippen LogP contribution in [-0.2, 0) is 11.3 Å². The summed E-state index contributed by atoms with van der Waals surface area (Å²) in [5.41, 5.74) is 1.69. The zero-order valence-electron chi connectivity index (χ0n) is 12.9. The summed E-state index contributed by atoms with van der Waals surface area (Å²) in [4.78, 5) is 11.8. The van der Waals surface area contributed by atoms with Gasteiger partial charge in [-0.2, -0.15) is 0 Å². The Hall–Kier alpha value is -2.21. The van der Waals surface area contributed by atoms with Crippen molar-refractivity contribution in [3.05, 3.63) is 36.5 Å². The first-order chi connectivity index (χ1) is 10.5. The van der Waals surface area contributed by atoms with Crippen molar-refractivity contribution in [3.63, 3.8) is 0 Å². The molecule has 0 aliphatic carbocycles. The first-order valence-electron chi connectivity index (χ1n) is 7.45. The zero-order valence-corrected chi connectivity index (χ0v) is 12.9. The number of nitrogens with zero attached hydrogens (tertiary/aromatic N) is 3. The van der Waals surface area contributed by atoms with Crippen molar-refractivity contribution in [2.24, 2.45) is 5.92 Å². The molecule has 1 aromatic heterocycles. The fourth-order valence-electron chi connectivity index (χ4n) is 2.18. The second kappa shape index (κ2) is 7.70. The second-order valence-corrected chi connectivity index (χ2v) is 5.75. The first kappa shape index (κ1) is 16.2.